The number of nitrogens with one attached hydrogen (secondary N) is 1. The highest BCUT2D eigenvalue weighted by atomic mass is 79.9. The molecule has 0 bridgehead atoms. The SMILES string of the molecule is Brc1cccc2c(/C=N/Nc3ccccc3)cccc12. The van der Waals surface area contributed by atoms with Gasteiger partial charge in [0.05, 0.1) is 11.9 Å². The summed E-state index contributed by atoms with van der Waals surface area (Å²) in [6, 6.07) is 22.3. The van der Waals surface area contributed by atoms with Crippen LogP contribution in [0.4, 0.5) is 5.69 Å². The first-order valence-electron chi connectivity index (χ1n) is 6.36. The van der Waals surface area contributed by atoms with Crippen molar-refractivity contribution < 1.29 is 0 Å². The monoisotopic (exact) mass is 324 g/mol. The van der Waals surface area contributed by atoms with Gasteiger partial charge in [-0.3, -0.25) is 5.43 Å². The molecule has 0 radical (unpaired) electrons. The maximum atomic E-state index is 4.30. The third-order valence-corrected chi connectivity index (χ3v) is 3.77. The fourth-order valence-corrected chi connectivity index (χ4v) is 2.60. The molecule has 3 heteroatoms. The van der Waals surface area contributed by atoms with Gasteiger partial charge in [0.1, 0.15) is 0 Å². The van der Waals surface area contributed by atoms with Crippen LogP contribution in [0.25, 0.3) is 10.8 Å². The summed E-state index contributed by atoms with van der Waals surface area (Å²) < 4.78 is 1.10. The Hall–Kier alpha value is -2.13. The summed E-state index contributed by atoms with van der Waals surface area (Å²) in [7, 11) is 0. The number of hydrogen-bond donors (Lipinski definition) is 1. The summed E-state index contributed by atoms with van der Waals surface area (Å²) in [4.78, 5) is 0. The van der Waals surface area contributed by atoms with Crippen molar-refractivity contribution >= 4 is 38.6 Å². The van der Waals surface area contributed by atoms with E-state index < -0.39 is 0 Å². The van der Waals surface area contributed by atoms with Gasteiger partial charge in [-0.25, -0.2) is 0 Å². The quantitative estimate of drug-likeness (QED) is 0.529. The highest BCUT2D eigenvalue weighted by Crippen LogP contribution is 2.25. The van der Waals surface area contributed by atoms with Gasteiger partial charge in [-0.15, -0.1) is 0 Å². The summed E-state index contributed by atoms with van der Waals surface area (Å²) in [5, 5.41) is 6.67. The second-order valence-electron chi connectivity index (χ2n) is 4.42. The van der Waals surface area contributed by atoms with Gasteiger partial charge in [0.15, 0.2) is 0 Å². The molecular weight excluding hydrogens is 312 g/mol. The Morgan fingerprint density at radius 3 is 2.40 bits per heavy atom. The number of nitrogens with zero attached hydrogens (tertiary/aromatic N) is 1. The van der Waals surface area contributed by atoms with Crippen LogP contribution < -0.4 is 5.43 Å². The largest absolute Gasteiger partial charge is 0.279 e. The Labute approximate surface area is 126 Å². The number of benzene rings is 3. The zero-order chi connectivity index (χ0) is 13.8. The van der Waals surface area contributed by atoms with Gasteiger partial charge in [0.25, 0.3) is 0 Å². The van der Waals surface area contributed by atoms with E-state index in [0.29, 0.717) is 0 Å². The van der Waals surface area contributed by atoms with Crippen LogP contribution in [0.2, 0.25) is 0 Å². The summed E-state index contributed by atoms with van der Waals surface area (Å²) in [5.41, 5.74) is 5.10. The predicted molar refractivity (Wildman–Crippen MR) is 89.3 cm³/mol. The molecule has 0 aromatic heterocycles. The lowest BCUT2D eigenvalue weighted by atomic mass is 10.1. The molecule has 0 aliphatic rings. The van der Waals surface area contributed by atoms with Crippen molar-refractivity contribution in [1.29, 1.82) is 0 Å². The van der Waals surface area contributed by atoms with Crippen LogP contribution in [-0.4, -0.2) is 6.21 Å². The first-order valence-corrected chi connectivity index (χ1v) is 7.15. The standard InChI is InChI=1S/C17H13BrN2/c18-17-11-5-9-15-13(6-4-10-16(15)17)12-19-20-14-7-2-1-3-8-14/h1-12,20H/b19-12+. The van der Waals surface area contributed by atoms with Gasteiger partial charge in [-0.2, -0.15) is 5.10 Å². The zero-order valence-corrected chi connectivity index (χ0v) is 12.3. The van der Waals surface area contributed by atoms with Gasteiger partial charge >= 0.3 is 0 Å². The molecule has 0 heterocycles. The van der Waals surface area contributed by atoms with Crippen molar-refractivity contribution in [3.63, 3.8) is 0 Å². The lowest BCUT2D eigenvalue weighted by molar-refractivity contribution is 1.35. The normalized spacial score (nSPS) is 11.1. The number of para-hydroxylation sites is 1. The maximum Gasteiger partial charge on any atom is 0.0561 e. The number of anilines is 1. The van der Waals surface area contributed by atoms with E-state index in [2.05, 4.69) is 44.7 Å². The molecule has 3 aromatic rings. The number of fused-ring (bicyclic) bond motifs is 1. The average molecular weight is 325 g/mol. The van der Waals surface area contributed by atoms with Gasteiger partial charge < -0.3 is 0 Å². The van der Waals surface area contributed by atoms with E-state index in [1.54, 1.807) is 0 Å². The summed E-state index contributed by atoms with van der Waals surface area (Å²) in [5.74, 6) is 0. The van der Waals surface area contributed by atoms with E-state index in [1.807, 2.05) is 54.7 Å². The maximum absolute atomic E-state index is 4.30. The van der Waals surface area contributed by atoms with Crippen molar-refractivity contribution in [1.82, 2.24) is 0 Å². The van der Waals surface area contributed by atoms with Crippen LogP contribution in [0.5, 0.6) is 0 Å². The molecule has 20 heavy (non-hydrogen) atoms. The summed E-state index contributed by atoms with van der Waals surface area (Å²) in [6.45, 7) is 0. The molecule has 0 saturated heterocycles. The van der Waals surface area contributed by atoms with Crippen molar-refractivity contribution in [3.05, 3.63) is 76.8 Å². The van der Waals surface area contributed by atoms with Crippen molar-refractivity contribution in [2.75, 3.05) is 5.43 Å². The molecule has 0 unspecified atom stereocenters. The smallest absolute Gasteiger partial charge is 0.0561 e. The van der Waals surface area contributed by atoms with Crippen LogP contribution in [0.3, 0.4) is 0 Å². The Balaban J connectivity index is 1.90. The lowest BCUT2D eigenvalue weighted by Gasteiger charge is -2.04. The second kappa shape index (κ2) is 5.88. The number of rotatable bonds is 3. The Morgan fingerprint density at radius 2 is 1.55 bits per heavy atom. The predicted octanol–water partition coefficient (Wildman–Crippen LogP) is 5.05. The van der Waals surface area contributed by atoms with Gasteiger partial charge in [0.2, 0.25) is 0 Å². The fraction of sp³-hybridized carbons (Fsp3) is 0. The highest BCUT2D eigenvalue weighted by Gasteiger charge is 2.01. The third-order valence-electron chi connectivity index (χ3n) is 3.07. The number of hydrazone groups is 1. The van der Waals surface area contributed by atoms with E-state index in [1.165, 1.54) is 10.8 Å². The van der Waals surface area contributed by atoms with Crippen molar-refractivity contribution in [2.24, 2.45) is 5.10 Å². The molecule has 98 valence electrons. The van der Waals surface area contributed by atoms with E-state index >= 15 is 0 Å². The molecule has 0 aliphatic carbocycles. The van der Waals surface area contributed by atoms with Crippen molar-refractivity contribution in [3.8, 4) is 0 Å². The molecule has 0 spiro atoms. The summed E-state index contributed by atoms with van der Waals surface area (Å²) >= 11 is 3.58. The molecular formula is C17H13BrN2. The van der Waals surface area contributed by atoms with Crippen LogP contribution >= 0.6 is 15.9 Å². The second-order valence-corrected chi connectivity index (χ2v) is 5.27. The highest BCUT2D eigenvalue weighted by molar-refractivity contribution is 9.10. The molecule has 2 nitrogen and oxygen atoms in total. The van der Waals surface area contributed by atoms with Gasteiger partial charge in [-0.1, -0.05) is 64.5 Å². The minimum atomic E-state index is 0.977. The van der Waals surface area contributed by atoms with Gasteiger partial charge in [0, 0.05) is 10.0 Å². The third kappa shape index (κ3) is 2.73. The molecule has 3 aromatic carbocycles. The van der Waals surface area contributed by atoms with E-state index in [-0.39, 0.29) is 0 Å². The first-order chi connectivity index (χ1) is 9.84. The Kier molecular flexibility index (Phi) is 3.79. The van der Waals surface area contributed by atoms with Crippen LogP contribution in [0.1, 0.15) is 5.56 Å². The number of halogens is 1. The fourth-order valence-electron chi connectivity index (χ4n) is 2.10. The lowest BCUT2D eigenvalue weighted by Crippen LogP contribution is -1.91. The van der Waals surface area contributed by atoms with E-state index in [0.717, 1.165) is 15.7 Å². The minimum Gasteiger partial charge on any atom is -0.279 e. The van der Waals surface area contributed by atoms with Crippen LogP contribution in [0.15, 0.2) is 76.3 Å². The van der Waals surface area contributed by atoms with Crippen LogP contribution in [-0.2, 0) is 0 Å². The number of hydrogen-bond acceptors (Lipinski definition) is 2. The van der Waals surface area contributed by atoms with E-state index in [4.69, 9.17) is 0 Å². The van der Waals surface area contributed by atoms with Gasteiger partial charge in [-0.05, 0) is 29.0 Å². The average Bonchev–Trinajstić information content (AvgIpc) is 2.49. The van der Waals surface area contributed by atoms with E-state index in [9.17, 15) is 0 Å². The molecule has 1 N–H and O–H groups in total. The Morgan fingerprint density at radius 1 is 0.800 bits per heavy atom. The molecule has 0 amide bonds. The first kappa shape index (κ1) is 12.9. The molecule has 3 rings (SSSR count). The van der Waals surface area contributed by atoms with Crippen molar-refractivity contribution in [2.45, 2.75) is 0 Å². The summed E-state index contributed by atoms with van der Waals surface area (Å²) in [6.07, 6.45) is 1.85. The molecule has 0 atom stereocenters. The molecule has 0 fully saturated rings. The molecule has 0 saturated carbocycles. The topological polar surface area (TPSA) is 24.4 Å². The minimum absolute atomic E-state index is 0.977. The molecule has 0 aliphatic heterocycles. The Bertz CT molecular complexity index is 751. The van der Waals surface area contributed by atoms with Crippen LogP contribution in [0, 0.1) is 0 Å². The zero-order valence-electron chi connectivity index (χ0n) is 10.8.